The molecule has 72 valence electrons. The first-order valence-corrected chi connectivity index (χ1v) is 5.25. The molecule has 1 rings (SSSR count). The molecule has 1 aliphatic rings. The molecule has 1 saturated heterocycles. The zero-order chi connectivity index (χ0) is 9.19. The fourth-order valence-electron chi connectivity index (χ4n) is 1.93. The summed E-state index contributed by atoms with van der Waals surface area (Å²) in [5.74, 6) is 0.942. The summed E-state index contributed by atoms with van der Waals surface area (Å²) < 4.78 is 0. The molecule has 0 aromatic rings. The quantitative estimate of drug-likeness (QED) is 0.539. The lowest BCUT2D eigenvalue weighted by atomic mass is 10.0. The van der Waals surface area contributed by atoms with Gasteiger partial charge in [-0.3, -0.25) is 4.90 Å². The molecule has 1 heteroatoms. The second-order valence-corrected chi connectivity index (χ2v) is 5.19. The van der Waals surface area contributed by atoms with Gasteiger partial charge in [0.25, 0.3) is 0 Å². The molecule has 0 aromatic carbocycles. The average Bonchev–Trinajstić information content (AvgIpc) is 2.11. The van der Waals surface area contributed by atoms with Gasteiger partial charge in [0.2, 0.25) is 0 Å². The summed E-state index contributed by atoms with van der Waals surface area (Å²) in [6.45, 7) is 11.9. The van der Waals surface area contributed by atoms with Crippen LogP contribution < -0.4 is 0 Å². The van der Waals surface area contributed by atoms with Crippen LogP contribution in [0.3, 0.4) is 0 Å². The first-order chi connectivity index (χ1) is 5.50. The third-order valence-corrected chi connectivity index (χ3v) is 2.97. The van der Waals surface area contributed by atoms with Crippen molar-refractivity contribution in [2.24, 2.45) is 5.92 Å². The summed E-state index contributed by atoms with van der Waals surface area (Å²) in [7, 11) is 0. The molecule has 0 amide bonds. The van der Waals surface area contributed by atoms with Crippen LogP contribution in [0.5, 0.6) is 0 Å². The standard InChI is InChI=1S/C11H23N/c1-10-6-5-8-12(9-7-10)11(2,3)4/h10H,5-9H2,1-4H3/t10-/m0/s1. The monoisotopic (exact) mass is 169 g/mol. The van der Waals surface area contributed by atoms with Gasteiger partial charge < -0.3 is 0 Å². The Kier molecular flexibility index (Phi) is 3.16. The molecule has 0 radical (unpaired) electrons. The van der Waals surface area contributed by atoms with E-state index in [-0.39, 0.29) is 0 Å². The number of nitrogens with zero attached hydrogens (tertiary/aromatic N) is 1. The predicted octanol–water partition coefficient (Wildman–Crippen LogP) is 2.91. The molecule has 1 heterocycles. The molecule has 12 heavy (non-hydrogen) atoms. The van der Waals surface area contributed by atoms with Crippen molar-refractivity contribution >= 4 is 0 Å². The van der Waals surface area contributed by atoms with Crippen LogP contribution in [0.2, 0.25) is 0 Å². The second kappa shape index (κ2) is 3.78. The predicted molar refractivity (Wildman–Crippen MR) is 54.3 cm³/mol. The lowest BCUT2D eigenvalue weighted by Crippen LogP contribution is -2.41. The Morgan fingerprint density at radius 3 is 2.33 bits per heavy atom. The lowest BCUT2D eigenvalue weighted by molar-refractivity contribution is 0.141. The molecule has 0 N–H and O–H groups in total. The van der Waals surface area contributed by atoms with Gasteiger partial charge >= 0.3 is 0 Å². The summed E-state index contributed by atoms with van der Waals surface area (Å²) in [6.07, 6.45) is 4.20. The van der Waals surface area contributed by atoms with Gasteiger partial charge in [0.05, 0.1) is 0 Å². The van der Waals surface area contributed by atoms with E-state index in [1.165, 1.54) is 32.4 Å². The molecule has 1 atom stereocenters. The smallest absolute Gasteiger partial charge is 0.0125 e. The van der Waals surface area contributed by atoms with E-state index < -0.39 is 0 Å². The van der Waals surface area contributed by atoms with E-state index in [1.54, 1.807) is 0 Å². The summed E-state index contributed by atoms with van der Waals surface area (Å²) in [5, 5.41) is 0. The number of hydrogen-bond donors (Lipinski definition) is 0. The van der Waals surface area contributed by atoms with Gasteiger partial charge in [0.15, 0.2) is 0 Å². The maximum atomic E-state index is 2.62. The van der Waals surface area contributed by atoms with E-state index in [4.69, 9.17) is 0 Å². The summed E-state index contributed by atoms with van der Waals surface area (Å²) >= 11 is 0. The maximum Gasteiger partial charge on any atom is 0.0125 e. The topological polar surface area (TPSA) is 3.24 Å². The largest absolute Gasteiger partial charge is 0.298 e. The molecule has 1 fully saturated rings. The van der Waals surface area contributed by atoms with Crippen molar-refractivity contribution < 1.29 is 0 Å². The molecule has 1 aliphatic heterocycles. The Bertz CT molecular complexity index is 134. The van der Waals surface area contributed by atoms with Gasteiger partial charge in [-0.2, -0.15) is 0 Å². The van der Waals surface area contributed by atoms with Crippen LogP contribution >= 0.6 is 0 Å². The molecule has 0 aliphatic carbocycles. The van der Waals surface area contributed by atoms with Gasteiger partial charge in [-0.15, -0.1) is 0 Å². The fourth-order valence-corrected chi connectivity index (χ4v) is 1.93. The normalized spacial score (nSPS) is 28.5. The minimum Gasteiger partial charge on any atom is -0.298 e. The van der Waals surface area contributed by atoms with E-state index >= 15 is 0 Å². The molecular weight excluding hydrogens is 146 g/mol. The van der Waals surface area contributed by atoms with Crippen molar-refractivity contribution in [3.63, 3.8) is 0 Å². The Morgan fingerprint density at radius 2 is 1.75 bits per heavy atom. The van der Waals surface area contributed by atoms with E-state index in [0.29, 0.717) is 5.54 Å². The summed E-state index contributed by atoms with van der Waals surface area (Å²) in [5.41, 5.74) is 0.379. The Hall–Kier alpha value is -0.0400. The minimum atomic E-state index is 0.379. The first-order valence-electron chi connectivity index (χ1n) is 5.25. The van der Waals surface area contributed by atoms with Gasteiger partial charge in [0.1, 0.15) is 0 Å². The third kappa shape index (κ3) is 2.78. The molecule has 0 spiro atoms. The second-order valence-electron chi connectivity index (χ2n) is 5.19. The van der Waals surface area contributed by atoms with Crippen LogP contribution in [0.15, 0.2) is 0 Å². The van der Waals surface area contributed by atoms with E-state index in [1.807, 2.05) is 0 Å². The highest BCUT2D eigenvalue weighted by molar-refractivity contribution is 4.78. The van der Waals surface area contributed by atoms with Crippen LogP contribution in [-0.2, 0) is 0 Å². The van der Waals surface area contributed by atoms with Crippen molar-refractivity contribution in [3.05, 3.63) is 0 Å². The first kappa shape index (κ1) is 10.0. The van der Waals surface area contributed by atoms with Crippen LogP contribution in [0.4, 0.5) is 0 Å². The SMILES string of the molecule is C[C@H]1CCCN(C(C)(C)C)CC1. The average molecular weight is 169 g/mol. The maximum absolute atomic E-state index is 2.62. The Labute approximate surface area is 77.1 Å². The molecule has 0 unspecified atom stereocenters. The zero-order valence-electron chi connectivity index (χ0n) is 9.06. The molecule has 0 saturated carbocycles. The van der Waals surface area contributed by atoms with E-state index in [2.05, 4.69) is 32.6 Å². The van der Waals surface area contributed by atoms with Crippen LogP contribution in [0.25, 0.3) is 0 Å². The summed E-state index contributed by atoms with van der Waals surface area (Å²) in [4.78, 5) is 2.62. The fraction of sp³-hybridized carbons (Fsp3) is 1.00. The summed E-state index contributed by atoms with van der Waals surface area (Å²) in [6, 6.07) is 0. The van der Waals surface area contributed by atoms with E-state index in [9.17, 15) is 0 Å². The third-order valence-electron chi connectivity index (χ3n) is 2.97. The van der Waals surface area contributed by atoms with Gasteiger partial charge in [-0.1, -0.05) is 6.92 Å². The highest BCUT2D eigenvalue weighted by Crippen LogP contribution is 2.22. The lowest BCUT2D eigenvalue weighted by Gasteiger charge is -2.34. The Balaban J connectivity index is 2.46. The van der Waals surface area contributed by atoms with Crippen LogP contribution in [0, 0.1) is 5.92 Å². The van der Waals surface area contributed by atoms with Gasteiger partial charge in [-0.25, -0.2) is 0 Å². The molecule has 0 bridgehead atoms. The number of hydrogen-bond acceptors (Lipinski definition) is 1. The molecular formula is C11H23N. The van der Waals surface area contributed by atoms with Gasteiger partial charge in [-0.05, 0) is 59.0 Å². The highest BCUT2D eigenvalue weighted by atomic mass is 15.2. The minimum absolute atomic E-state index is 0.379. The van der Waals surface area contributed by atoms with Crippen LogP contribution in [0.1, 0.15) is 47.0 Å². The van der Waals surface area contributed by atoms with Crippen molar-refractivity contribution in [2.45, 2.75) is 52.5 Å². The van der Waals surface area contributed by atoms with Gasteiger partial charge in [0, 0.05) is 5.54 Å². The van der Waals surface area contributed by atoms with Crippen LogP contribution in [-0.4, -0.2) is 23.5 Å². The highest BCUT2D eigenvalue weighted by Gasteiger charge is 2.23. The van der Waals surface area contributed by atoms with E-state index in [0.717, 1.165) is 5.92 Å². The van der Waals surface area contributed by atoms with Crippen molar-refractivity contribution in [1.29, 1.82) is 0 Å². The number of rotatable bonds is 0. The van der Waals surface area contributed by atoms with Crippen molar-refractivity contribution in [2.75, 3.05) is 13.1 Å². The molecule has 1 nitrogen and oxygen atoms in total. The van der Waals surface area contributed by atoms with Crippen molar-refractivity contribution in [1.82, 2.24) is 4.90 Å². The number of likely N-dealkylation sites (tertiary alicyclic amines) is 1. The van der Waals surface area contributed by atoms with Crippen molar-refractivity contribution in [3.8, 4) is 0 Å². The molecule has 0 aromatic heterocycles. The Morgan fingerprint density at radius 1 is 1.08 bits per heavy atom. The zero-order valence-corrected chi connectivity index (χ0v) is 9.06.